The Labute approximate surface area is 119 Å². The summed E-state index contributed by atoms with van der Waals surface area (Å²) in [7, 11) is 0. The van der Waals surface area contributed by atoms with Crippen LogP contribution in [0.5, 0.6) is 0 Å². The van der Waals surface area contributed by atoms with Crippen LogP contribution in [0.4, 0.5) is 0 Å². The van der Waals surface area contributed by atoms with Crippen molar-refractivity contribution in [3.8, 4) is 0 Å². The molecule has 0 radical (unpaired) electrons. The van der Waals surface area contributed by atoms with Crippen molar-refractivity contribution in [3.63, 3.8) is 0 Å². The molecule has 1 aromatic rings. The number of halogens is 2. The van der Waals surface area contributed by atoms with Crippen LogP contribution >= 0.6 is 24.8 Å². The molecule has 1 N–H and O–H groups in total. The molecule has 0 saturated carbocycles. The number of fused-ring (bicyclic) bond motifs is 1. The van der Waals surface area contributed by atoms with Crippen molar-refractivity contribution in [2.24, 2.45) is 11.8 Å². The topological polar surface area (TPSA) is 50.2 Å². The van der Waals surface area contributed by atoms with Gasteiger partial charge in [0.05, 0.1) is 0 Å². The second-order valence-electron chi connectivity index (χ2n) is 4.68. The SMILES string of the molecule is Cl.Cl.O=C(Cn1cccn1)N1C[C@H]2CNC[C@H]2C1. The van der Waals surface area contributed by atoms with Crippen molar-refractivity contribution in [1.82, 2.24) is 20.0 Å². The fourth-order valence-corrected chi connectivity index (χ4v) is 2.69. The van der Waals surface area contributed by atoms with Crippen molar-refractivity contribution in [2.45, 2.75) is 6.54 Å². The maximum absolute atomic E-state index is 12.0. The summed E-state index contributed by atoms with van der Waals surface area (Å²) in [5.41, 5.74) is 0. The van der Waals surface area contributed by atoms with Crippen LogP contribution in [-0.4, -0.2) is 46.8 Å². The Bertz CT molecular complexity index is 372. The van der Waals surface area contributed by atoms with E-state index in [1.54, 1.807) is 10.9 Å². The Morgan fingerprint density at radius 2 is 1.94 bits per heavy atom. The molecular weight excluding hydrogens is 275 g/mol. The summed E-state index contributed by atoms with van der Waals surface area (Å²) in [5.74, 6) is 1.53. The number of aromatic nitrogens is 2. The Morgan fingerprint density at radius 3 is 2.50 bits per heavy atom. The number of hydrogen-bond donors (Lipinski definition) is 1. The Hall–Kier alpha value is -0.780. The van der Waals surface area contributed by atoms with E-state index < -0.39 is 0 Å². The van der Waals surface area contributed by atoms with Crippen LogP contribution < -0.4 is 5.32 Å². The Morgan fingerprint density at radius 1 is 1.28 bits per heavy atom. The lowest BCUT2D eigenvalue weighted by atomic mass is 10.0. The summed E-state index contributed by atoms with van der Waals surface area (Å²) < 4.78 is 1.69. The Balaban J connectivity index is 0.000000810. The molecule has 2 aliphatic rings. The van der Waals surface area contributed by atoms with Gasteiger partial charge in [-0.25, -0.2) is 0 Å². The molecule has 0 spiro atoms. The van der Waals surface area contributed by atoms with Crippen LogP contribution in [0.3, 0.4) is 0 Å². The molecule has 3 rings (SSSR count). The number of carbonyl (C=O) groups excluding carboxylic acids is 1. The highest BCUT2D eigenvalue weighted by Crippen LogP contribution is 2.26. The lowest BCUT2D eigenvalue weighted by Crippen LogP contribution is -2.34. The van der Waals surface area contributed by atoms with Crippen molar-refractivity contribution in [1.29, 1.82) is 0 Å². The van der Waals surface area contributed by atoms with Crippen molar-refractivity contribution < 1.29 is 4.79 Å². The lowest BCUT2D eigenvalue weighted by Gasteiger charge is -2.17. The highest BCUT2D eigenvalue weighted by Gasteiger charge is 2.37. The van der Waals surface area contributed by atoms with Crippen LogP contribution in [-0.2, 0) is 11.3 Å². The van der Waals surface area contributed by atoms with E-state index >= 15 is 0 Å². The van der Waals surface area contributed by atoms with Gasteiger partial charge in [-0.3, -0.25) is 9.48 Å². The molecular formula is C11H18Cl2N4O. The predicted molar refractivity (Wildman–Crippen MR) is 73.2 cm³/mol. The van der Waals surface area contributed by atoms with Crippen LogP contribution in [0.1, 0.15) is 0 Å². The molecule has 2 saturated heterocycles. The van der Waals surface area contributed by atoms with E-state index in [0.29, 0.717) is 18.4 Å². The summed E-state index contributed by atoms with van der Waals surface area (Å²) in [4.78, 5) is 14.0. The van der Waals surface area contributed by atoms with E-state index in [1.807, 2.05) is 17.2 Å². The second-order valence-corrected chi connectivity index (χ2v) is 4.68. The molecule has 0 unspecified atom stereocenters. The van der Waals surface area contributed by atoms with Gasteiger partial charge in [-0.15, -0.1) is 24.8 Å². The molecule has 5 nitrogen and oxygen atoms in total. The average Bonchev–Trinajstić information content (AvgIpc) is 2.91. The minimum absolute atomic E-state index is 0. The fraction of sp³-hybridized carbons (Fsp3) is 0.636. The average molecular weight is 293 g/mol. The molecule has 2 atom stereocenters. The van der Waals surface area contributed by atoms with Gasteiger partial charge < -0.3 is 10.2 Å². The van der Waals surface area contributed by atoms with Crippen LogP contribution in [0.15, 0.2) is 18.5 Å². The van der Waals surface area contributed by atoms with Gasteiger partial charge in [0.2, 0.25) is 5.91 Å². The molecule has 1 aromatic heterocycles. The van der Waals surface area contributed by atoms with Crippen molar-refractivity contribution >= 4 is 30.7 Å². The fourth-order valence-electron chi connectivity index (χ4n) is 2.69. The van der Waals surface area contributed by atoms with Gasteiger partial charge >= 0.3 is 0 Å². The molecule has 2 fully saturated rings. The van der Waals surface area contributed by atoms with Crippen molar-refractivity contribution in [2.75, 3.05) is 26.2 Å². The summed E-state index contributed by atoms with van der Waals surface area (Å²) >= 11 is 0. The van der Waals surface area contributed by atoms with Gasteiger partial charge in [-0.2, -0.15) is 5.10 Å². The number of amides is 1. The summed E-state index contributed by atoms with van der Waals surface area (Å²) in [6.07, 6.45) is 3.53. The van der Waals surface area contributed by atoms with Gasteiger partial charge in [0.25, 0.3) is 0 Å². The third kappa shape index (κ3) is 2.96. The van der Waals surface area contributed by atoms with Gasteiger partial charge in [-0.05, 0) is 17.9 Å². The minimum atomic E-state index is 0. The molecule has 1 amide bonds. The van der Waals surface area contributed by atoms with E-state index in [1.165, 1.54) is 0 Å². The third-order valence-corrected chi connectivity index (χ3v) is 3.60. The third-order valence-electron chi connectivity index (χ3n) is 3.60. The number of carbonyl (C=O) groups is 1. The number of likely N-dealkylation sites (tertiary alicyclic amines) is 1. The van der Waals surface area contributed by atoms with Crippen LogP contribution in [0.25, 0.3) is 0 Å². The van der Waals surface area contributed by atoms with E-state index in [9.17, 15) is 4.79 Å². The Kier molecular flexibility index (Phi) is 5.44. The van der Waals surface area contributed by atoms with Crippen LogP contribution in [0.2, 0.25) is 0 Å². The van der Waals surface area contributed by atoms with E-state index in [-0.39, 0.29) is 30.7 Å². The highest BCUT2D eigenvalue weighted by atomic mass is 35.5. The first-order valence-electron chi connectivity index (χ1n) is 5.79. The summed E-state index contributed by atoms with van der Waals surface area (Å²) in [6, 6.07) is 1.84. The maximum atomic E-state index is 12.0. The smallest absolute Gasteiger partial charge is 0.244 e. The molecule has 3 heterocycles. The van der Waals surface area contributed by atoms with Gasteiger partial charge in [-0.1, -0.05) is 0 Å². The predicted octanol–water partition coefficient (Wildman–Crippen LogP) is 0.404. The zero-order chi connectivity index (χ0) is 11.0. The quantitative estimate of drug-likeness (QED) is 0.859. The molecule has 0 bridgehead atoms. The monoisotopic (exact) mass is 292 g/mol. The maximum Gasteiger partial charge on any atom is 0.244 e. The van der Waals surface area contributed by atoms with E-state index in [4.69, 9.17) is 0 Å². The lowest BCUT2D eigenvalue weighted by molar-refractivity contribution is -0.131. The highest BCUT2D eigenvalue weighted by molar-refractivity contribution is 5.85. The molecule has 102 valence electrons. The largest absolute Gasteiger partial charge is 0.340 e. The normalized spacial score (nSPS) is 25.2. The molecule has 7 heteroatoms. The first-order valence-corrected chi connectivity index (χ1v) is 5.79. The number of rotatable bonds is 2. The number of hydrogen-bond acceptors (Lipinski definition) is 3. The van der Waals surface area contributed by atoms with Gasteiger partial charge in [0.15, 0.2) is 0 Å². The molecule has 0 aromatic carbocycles. The first kappa shape index (κ1) is 15.3. The minimum Gasteiger partial charge on any atom is -0.340 e. The van der Waals surface area contributed by atoms with E-state index in [0.717, 1.165) is 26.2 Å². The summed E-state index contributed by atoms with van der Waals surface area (Å²) in [6.45, 7) is 4.34. The summed E-state index contributed by atoms with van der Waals surface area (Å²) in [5, 5.41) is 7.43. The van der Waals surface area contributed by atoms with E-state index in [2.05, 4.69) is 10.4 Å². The van der Waals surface area contributed by atoms with Crippen LogP contribution in [0, 0.1) is 11.8 Å². The first-order chi connectivity index (χ1) is 7.83. The molecule has 2 aliphatic heterocycles. The zero-order valence-electron chi connectivity index (χ0n) is 9.99. The number of nitrogens with zero attached hydrogens (tertiary/aromatic N) is 3. The number of nitrogens with one attached hydrogen (secondary N) is 1. The van der Waals surface area contributed by atoms with Gasteiger partial charge in [0, 0.05) is 38.6 Å². The standard InChI is InChI=1S/C11H16N4O.2ClH/c16-11(8-15-3-1-2-13-15)14-6-9-4-12-5-10(9)7-14;;/h1-3,9-10,12H,4-8H2;2*1H/t9-,10+;;. The zero-order valence-corrected chi connectivity index (χ0v) is 11.6. The van der Waals surface area contributed by atoms with Crippen molar-refractivity contribution in [3.05, 3.63) is 18.5 Å². The molecule has 0 aliphatic carbocycles. The molecule has 18 heavy (non-hydrogen) atoms. The second kappa shape index (κ2) is 6.41. The van der Waals surface area contributed by atoms with Gasteiger partial charge in [0.1, 0.15) is 6.54 Å².